The fourth-order valence-corrected chi connectivity index (χ4v) is 4.82. The summed E-state index contributed by atoms with van der Waals surface area (Å²) in [4.78, 5) is 0. The van der Waals surface area contributed by atoms with Crippen LogP contribution in [0.2, 0.25) is 0 Å². The molecular weight excluding hydrogens is 375 g/mol. The Morgan fingerprint density at radius 2 is 1.72 bits per heavy atom. The molecular formula is C23H18F3N3. The van der Waals surface area contributed by atoms with Crippen molar-refractivity contribution in [2.45, 2.75) is 18.4 Å². The molecule has 3 nitrogen and oxygen atoms in total. The van der Waals surface area contributed by atoms with Crippen LogP contribution in [-0.4, -0.2) is 5.84 Å². The van der Waals surface area contributed by atoms with Crippen molar-refractivity contribution < 1.29 is 13.2 Å². The van der Waals surface area contributed by atoms with Gasteiger partial charge in [0, 0.05) is 22.7 Å². The normalized spacial score (nSPS) is 21.7. The second-order valence-corrected chi connectivity index (χ2v) is 7.65. The van der Waals surface area contributed by atoms with Crippen molar-refractivity contribution in [2.24, 2.45) is 11.7 Å². The molecule has 0 saturated heterocycles. The first-order valence-corrected chi connectivity index (χ1v) is 9.41. The van der Waals surface area contributed by atoms with Gasteiger partial charge in [0.05, 0.1) is 6.04 Å². The average molecular weight is 393 g/mol. The van der Waals surface area contributed by atoms with Crippen LogP contribution in [0.5, 0.6) is 0 Å². The number of anilines is 1. The van der Waals surface area contributed by atoms with Gasteiger partial charge in [0.2, 0.25) is 0 Å². The van der Waals surface area contributed by atoms with Gasteiger partial charge < -0.3 is 11.1 Å². The molecule has 1 aliphatic heterocycles. The van der Waals surface area contributed by atoms with E-state index in [0.717, 1.165) is 28.4 Å². The Balaban J connectivity index is 1.70. The molecule has 0 saturated carbocycles. The highest BCUT2D eigenvalue weighted by Crippen LogP contribution is 2.54. The molecule has 146 valence electrons. The Labute approximate surface area is 165 Å². The molecule has 0 fully saturated rings. The molecule has 0 amide bonds. The third-order valence-corrected chi connectivity index (χ3v) is 6.11. The molecule has 0 aromatic heterocycles. The van der Waals surface area contributed by atoms with Gasteiger partial charge in [-0.2, -0.15) is 0 Å². The Kier molecular flexibility index (Phi) is 3.91. The number of fused-ring (bicyclic) bond motifs is 5. The summed E-state index contributed by atoms with van der Waals surface area (Å²) >= 11 is 0. The minimum absolute atomic E-state index is 0.0237. The molecule has 5 rings (SSSR count). The van der Waals surface area contributed by atoms with Crippen molar-refractivity contribution in [1.82, 2.24) is 0 Å². The standard InChI is InChI=1S/C23H18F3N3/c24-17-7-6-14(20(25)21(17)26)22-16-9-11-3-1-2-4-13(11)19(16)15-10-12(23(27)28)5-8-18(15)29-22/h1-8,10,16,19,22,29H,9H2,(H3,27,28). The van der Waals surface area contributed by atoms with E-state index >= 15 is 0 Å². The molecule has 1 heterocycles. The van der Waals surface area contributed by atoms with Crippen LogP contribution >= 0.6 is 0 Å². The highest BCUT2D eigenvalue weighted by Gasteiger charge is 2.44. The molecule has 3 aromatic rings. The average Bonchev–Trinajstić information content (AvgIpc) is 3.11. The van der Waals surface area contributed by atoms with Crippen LogP contribution in [0.15, 0.2) is 54.6 Å². The lowest BCUT2D eigenvalue weighted by atomic mass is 9.75. The first-order valence-electron chi connectivity index (χ1n) is 9.41. The van der Waals surface area contributed by atoms with Crippen molar-refractivity contribution in [3.8, 4) is 0 Å². The lowest BCUT2D eigenvalue weighted by Gasteiger charge is -2.38. The molecule has 4 N–H and O–H groups in total. The maximum Gasteiger partial charge on any atom is 0.194 e. The SMILES string of the molecule is N=C(N)c1ccc2c(c1)C1c3ccccc3CC1C(c1ccc(F)c(F)c1F)N2. The van der Waals surface area contributed by atoms with E-state index in [4.69, 9.17) is 11.1 Å². The van der Waals surface area contributed by atoms with Gasteiger partial charge in [0.15, 0.2) is 17.5 Å². The topological polar surface area (TPSA) is 61.9 Å². The van der Waals surface area contributed by atoms with E-state index in [1.807, 2.05) is 36.4 Å². The van der Waals surface area contributed by atoms with E-state index < -0.39 is 23.5 Å². The van der Waals surface area contributed by atoms with Crippen molar-refractivity contribution in [3.05, 3.63) is 99.9 Å². The third kappa shape index (κ3) is 2.63. The van der Waals surface area contributed by atoms with E-state index in [1.54, 1.807) is 6.07 Å². The summed E-state index contributed by atoms with van der Waals surface area (Å²) in [5.41, 5.74) is 10.5. The van der Waals surface area contributed by atoms with Crippen LogP contribution in [0.3, 0.4) is 0 Å². The minimum atomic E-state index is -1.45. The number of hydrogen-bond donors (Lipinski definition) is 3. The van der Waals surface area contributed by atoms with Crippen LogP contribution in [0.25, 0.3) is 0 Å². The molecule has 3 unspecified atom stereocenters. The molecule has 1 aliphatic carbocycles. The van der Waals surface area contributed by atoms with E-state index in [0.29, 0.717) is 12.0 Å². The smallest absolute Gasteiger partial charge is 0.194 e. The summed E-state index contributed by atoms with van der Waals surface area (Å²) in [5, 5.41) is 11.1. The third-order valence-electron chi connectivity index (χ3n) is 6.11. The quantitative estimate of drug-likeness (QED) is 0.331. The minimum Gasteiger partial charge on any atom is -0.384 e. The largest absolute Gasteiger partial charge is 0.384 e. The highest BCUT2D eigenvalue weighted by atomic mass is 19.2. The summed E-state index contributed by atoms with van der Waals surface area (Å²) < 4.78 is 42.2. The Morgan fingerprint density at radius 1 is 0.931 bits per heavy atom. The molecule has 0 radical (unpaired) electrons. The van der Waals surface area contributed by atoms with Gasteiger partial charge in [-0.05, 0) is 53.3 Å². The Bertz CT molecular complexity index is 1160. The predicted octanol–water partition coefficient (Wildman–Crippen LogP) is 4.86. The summed E-state index contributed by atoms with van der Waals surface area (Å²) in [7, 11) is 0. The van der Waals surface area contributed by atoms with Gasteiger partial charge in [-0.1, -0.05) is 30.3 Å². The number of nitrogens with two attached hydrogens (primary N) is 1. The fraction of sp³-hybridized carbons (Fsp3) is 0.174. The molecule has 0 bridgehead atoms. The number of nitrogens with one attached hydrogen (secondary N) is 2. The van der Waals surface area contributed by atoms with Crippen LogP contribution < -0.4 is 11.1 Å². The van der Waals surface area contributed by atoms with Crippen LogP contribution in [0.4, 0.5) is 18.9 Å². The number of nitrogen functional groups attached to an aromatic ring is 1. The highest BCUT2D eigenvalue weighted by molar-refractivity contribution is 5.95. The number of halogens is 3. The summed E-state index contributed by atoms with van der Waals surface area (Å²) in [6.07, 6.45) is 0.681. The zero-order chi connectivity index (χ0) is 20.3. The molecule has 6 heteroatoms. The van der Waals surface area contributed by atoms with E-state index in [1.165, 1.54) is 6.07 Å². The van der Waals surface area contributed by atoms with Gasteiger partial charge in [-0.3, -0.25) is 5.41 Å². The van der Waals surface area contributed by atoms with Crippen molar-refractivity contribution >= 4 is 11.5 Å². The maximum absolute atomic E-state index is 14.7. The Morgan fingerprint density at radius 3 is 2.52 bits per heavy atom. The van der Waals surface area contributed by atoms with Crippen molar-refractivity contribution in [3.63, 3.8) is 0 Å². The van der Waals surface area contributed by atoms with E-state index in [9.17, 15) is 13.2 Å². The number of benzene rings is 3. The predicted molar refractivity (Wildman–Crippen MR) is 106 cm³/mol. The van der Waals surface area contributed by atoms with Gasteiger partial charge >= 0.3 is 0 Å². The molecule has 29 heavy (non-hydrogen) atoms. The first kappa shape index (κ1) is 17.8. The van der Waals surface area contributed by atoms with Crippen LogP contribution in [0, 0.1) is 28.8 Å². The van der Waals surface area contributed by atoms with Crippen LogP contribution in [-0.2, 0) is 6.42 Å². The van der Waals surface area contributed by atoms with Gasteiger partial charge in [0.1, 0.15) is 5.84 Å². The summed E-state index contributed by atoms with van der Waals surface area (Å²) in [6.45, 7) is 0. The lowest BCUT2D eigenvalue weighted by Crippen LogP contribution is -2.31. The fourth-order valence-electron chi connectivity index (χ4n) is 4.82. The number of rotatable bonds is 2. The maximum atomic E-state index is 14.7. The van der Waals surface area contributed by atoms with Gasteiger partial charge in [-0.15, -0.1) is 0 Å². The summed E-state index contributed by atoms with van der Waals surface area (Å²) in [5.74, 6) is -3.96. The van der Waals surface area contributed by atoms with Gasteiger partial charge in [0.25, 0.3) is 0 Å². The second kappa shape index (κ2) is 6.37. The van der Waals surface area contributed by atoms with Crippen LogP contribution in [0.1, 0.15) is 39.8 Å². The van der Waals surface area contributed by atoms with E-state index in [2.05, 4.69) is 5.32 Å². The molecule has 2 aliphatic rings. The molecule has 0 spiro atoms. The number of amidine groups is 1. The molecule has 3 atom stereocenters. The van der Waals surface area contributed by atoms with Gasteiger partial charge in [-0.25, -0.2) is 13.2 Å². The van der Waals surface area contributed by atoms with Crippen molar-refractivity contribution in [2.75, 3.05) is 5.32 Å². The monoisotopic (exact) mass is 393 g/mol. The van der Waals surface area contributed by atoms with Crippen molar-refractivity contribution in [1.29, 1.82) is 5.41 Å². The zero-order valence-corrected chi connectivity index (χ0v) is 15.3. The molecule has 3 aromatic carbocycles. The number of hydrogen-bond acceptors (Lipinski definition) is 2. The Hall–Kier alpha value is -3.28. The first-order chi connectivity index (χ1) is 14.0. The lowest BCUT2D eigenvalue weighted by molar-refractivity contribution is 0.389. The van der Waals surface area contributed by atoms with E-state index in [-0.39, 0.29) is 23.2 Å². The summed E-state index contributed by atoms with van der Waals surface area (Å²) in [6, 6.07) is 15.2. The second-order valence-electron chi connectivity index (χ2n) is 7.65. The zero-order valence-electron chi connectivity index (χ0n) is 15.3.